The average molecular weight is 530 g/mol. The van der Waals surface area contributed by atoms with Crippen LogP contribution in [0.3, 0.4) is 0 Å². The third-order valence-corrected chi connectivity index (χ3v) is 7.84. The van der Waals surface area contributed by atoms with Crippen LogP contribution < -0.4 is 9.47 Å². The smallest absolute Gasteiger partial charge is 0.326 e. The molecule has 1 saturated carbocycles. The molecule has 204 valence electrons. The highest BCUT2D eigenvalue weighted by molar-refractivity contribution is 5.88. The summed E-state index contributed by atoms with van der Waals surface area (Å²) in [6, 6.07) is 21.8. The molecule has 1 N–H and O–H groups in total. The van der Waals surface area contributed by atoms with Crippen LogP contribution in [0.4, 0.5) is 0 Å². The number of benzene rings is 3. The summed E-state index contributed by atoms with van der Waals surface area (Å²) < 4.78 is 18.3. The number of amides is 1. The fourth-order valence-corrected chi connectivity index (χ4v) is 5.68. The van der Waals surface area contributed by atoms with Crippen molar-refractivity contribution < 1.29 is 28.9 Å². The zero-order valence-electron chi connectivity index (χ0n) is 22.5. The number of carbonyl (C=O) groups is 2. The quantitative estimate of drug-likeness (QED) is 0.383. The maximum absolute atomic E-state index is 14.2. The third-order valence-electron chi connectivity index (χ3n) is 7.84. The van der Waals surface area contributed by atoms with Crippen molar-refractivity contribution in [2.24, 2.45) is 0 Å². The van der Waals surface area contributed by atoms with Gasteiger partial charge in [-0.15, -0.1) is 0 Å². The molecule has 3 aromatic rings. The van der Waals surface area contributed by atoms with Crippen molar-refractivity contribution in [3.05, 3.63) is 95.1 Å². The molecule has 1 aliphatic carbocycles. The van der Waals surface area contributed by atoms with Crippen molar-refractivity contribution in [2.45, 2.75) is 69.9 Å². The maximum atomic E-state index is 14.2. The van der Waals surface area contributed by atoms with Crippen LogP contribution in [-0.2, 0) is 33.9 Å². The van der Waals surface area contributed by atoms with Crippen LogP contribution in [0.2, 0.25) is 0 Å². The van der Waals surface area contributed by atoms with Gasteiger partial charge in [-0.3, -0.25) is 4.79 Å². The van der Waals surface area contributed by atoms with Crippen LogP contribution in [0.15, 0.2) is 72.8 Å². The van der Waals surface area contributed by atoms with E-state index in [0.717, 1.165) is 47.9 Å². The van der Waals surface area contributed by atoms with E-state index in [0.29, 0.717) is 18.1 Å². The molecule has 0 unspecified atom stereocenters. The van der Waals surface area contributed by atoms with Crippen molar-refractivity contribution in [3.8, 4) is 11.5 Å². The number of carbonyl (C=O) groups excluding carboxylic acids is 1. The molecule has 1 fully saturated rings. The highest BCUT2D eigenvalue weighted by Crippen LogP contribution is 2.41. The number of rotatable bonds is 9. The van der Waals surface area contributed by atoms with E-state index in [2.05, 4.69) is 0 Å². The number of carboxylic acid groups (broad SMARTS) is 1. The predicted molar refractivity (Wildman–Crippen MR) is 147 cm³/mol. The molecular formula is C32H35NO6. The van der Waals surface area contributed by atoms with E-state index in [9.17, 15) is 14.7 Å². The van der Waals surface area contributed by atoms with E-state index in [4.69, 9.17) is 14.2 Å². The second-order valence-corrected chi connectivity index (χ2v) is 10.6. The Labute approximate surface area is 229 Å². The first-order valence-corrected chi connectivity index (χ1v) is 13.5. The van der Waals surface area contributed by atoms with E-state index in [-0.39, 0.29) is 18.9 Å². The fourth-order valence-electron chi connectivity index (χ4n) is 5.68. The Morgan fingerprint density at radius 1 is 1.00 bits per heavy atom. The lowest BCUT2D eigenvalue weighted by atomic mass is 9.91. The Morgan fingerprint density at radius 2 is 1.67 bits per heavy atom. The molecule has 0 radical (unpaired) electrons. The first-order chi connectivity index (χ1) is 18.9. The molecule has 0 bridgehead atoms. The van der Waals surface area contributed by atoms with Crippen molar-refractivity contribution in [3.63, 3.8) is 0 Å². The highest BCUT2D eigenvalue weighted by atomic mass is 16.5. The minimum Gasteiger partial charge on any atom is -0.493 e. The van der Waals surface area contributed by atoms with Crippen LogP contribution in [0.25, 0.3) is 0 Å². The van der Waals surface area contributed by atoms with Gasteiger partial charge in [0.1, 0.15) is 12.6 Å². The van der Waals surface area contributed by atoms with Gasteiger partial charge in [-0.2, -0.15) is 0 Å². The second-order valence-electron chi connectivity index (χ2n) is 10.6. The lowest BCUT2D eigenvalue weighted by molar-refractivity contribution is -0.166. The van der Waals surface area contributed by atoms with Crippen LogP contribution in [0, 0.1) is 0 Å². The fraction of sp³-hybridized carbons (Fsp3) is 0.375. The number of carboxylic acids is 1. The Balaban J connectivity index is 1.47. The standard InChI is InChI=1S/C32H35NO6/c1-32(17-9-10-18-32)39-28(23-13-7-4-8-14-23)30(34)33-20-24-15-16-27(37-2)29(25(24)19-26(33)31(35)36)38-21-22-11-5-3-6-12-22/h3-8,11-16,26,28H,9-10,17-21H2,1-2H3,(H,35,36)/t26-,28+/m1/s1. The second kappa shape index (κ2) is 11.5. The molecular weight excluding hydrogens is 494 g/mol. The van der Waals surface area contributed by atoms with Crippen LogP contribution >= 0.6 is 0 Å². The van der Waals surface area contributed by atoms with Gasteiger partial charge in [-0.05, 0) is 42.5 Å². The SMILES string of the molecule is COc1ccc2c(c1OCc1ccccc1)C[C@H](C(=O)O)N(C(=O)[C@@H](OC1(C)CCCC1)c1ccccc1)C2. The van der Waals surface area contributed by atoms with Crippen LogP contribution in [0.1, 0.15) is 61.0 Å². The van der Waals surface area contributed by atoms with Gasteiger partial charge >= 0.3 is 5.97 Å². The molecule has 39 heavy (non-hydrogen) atoms. The molecule has 7 nitrogen and oxygen atoms in total. The maximum Gasteiger partial charge on any atom is 0.326 e. The summed E-state index contributed by atoms with van der Waals surface area (Å²) in [5, 5.41) is 10.3. The van der Waals surface area contributed by atoms with Gasteiger partial charge in [-0.25, -0.2) is 4.79 Å². The number of hydrogen-bond donors (Lipinski definition) is 1. The topological polar surface area (TPSA) is 85.3 Å². The molecule has 3 aromatic carbocycles. The van der Waals surface area contributed by atoms with E-state index in [1.807, 2.05) is 79.7 Å². The summed E-state index contributed by atoms with van der Waals surface area (Å²) in [6.07, 6.45) is 3.07. The number of fused-ring (bicyclic) bond motifs is 1. The van der Waals surface area contributed by atoms with Gasteiger partial charge in [-0.1, -0.05) is 79.6 Å². The lowest BCUT2D eigenvalue weighted by Gasteiger charge is -2.39. The van der Waals surface area contributed by atoms with Crippen LogP contribution in [0.5, 0.6) is 11.5 Å². The largest absolute Gasteiger partial charge is 0.493 e. The van der Waals surface area contributed by atoms with Crippen LogP contribution in [-0.4, -0.2) is 40.6 Å². The average Bonchev–Trinajstić information content (AvgIpc) is 3.40. The van der Waals surface area contributed by atoms with Gasteiger partial charge in [0.15, 0.2) is 17.6 Å². The van der Waals surface area contributed by atoms with E-state index >= 15 is 0 Å². The minimum atomic E-state index is -1.07. The first-order valence-electron chi connectivity index (χ1n) is 13.5. The molecule has 1 aliphatic heterocycles. The summed E-state index contributed by atoms with van der Waals surface area (Å²) >= 11 is 0. The Kier molecular flexibility index (Phi) is 7.89. The summed E-state index contributed by atoms with van der Waals surface area (Å²) in [6.45, 7) is 2.50. The zero-order chi connectivity index (χ0) is 27.4. The van der Waals surface area contributed by atoms with E-state index in [1.54, 1.807) is 7.11 Å². The van der Waals surface area contributed by atoms with Gasteiger partial charge in [0, 0.05) is 18.5 Å². The Morgan fingerprint density at radius 3 is 2.31 bits per heavy atom. The number of hydrogen-bond acceptors (Lipinski definition) is 5. The van der Waals surface area contributed by atoms with Gasteiger partial charge in [0.05, 0.1) is 12.7 Å². The number of ether oxygens (including phenoxy) is 3. The summed E-state index contributed by atoms with van der Waals surface area (Å²) in [5.41, 5.74) is 2.88. The minimum absolute atomic E-state index is 0.108. The number of aliphatic carboxylic acids is 1. The molecule has 7 heteroatoms. The normalized spacial score (nSPS) is 18.7. The van der Waals surface area contributed by atoms with Gasteiger partial charge < -0.3 is 24.2 Å². The number of methoxy groups -OCH3 is 1. The molecule has 5 rings (SSSR count). The van der Waals surface area contributed by atoms with E-state index in [1.165, 1.54) is 4.90 Å². The molecule has 2 aliphatic rings. The molecule has 1 heterocycles. The molecule has 1 amide bonds. The molecule has 2 atom stereocenters. The van der Waals surface area contributed by atoms with E-state index < -0.39 is 23.7 Å². The Bertz CT molecular complexity index is 1300. The molecule has 0 saturated heterocycles. The highest BCUT2D eigenvalue weighted by Gasteiger charge is 2.42. The first kappa shape index (κ1) is 26.8. The summed E-state index contributed by atoms with van der Waals surface area (Å²) in [4.78, 5) is 28.2. The molecule has 0 spiro atoms. The lowest BCUT2D eigenvalue weighted by Crippen LogP contribution is -2.51. The third kappa shape index (κ3) is 5.78. The van der Waals surface area contributed by atoms with Crippen molar-refractivity contribution in [1.82, 2.24) is 4.90 Å². The Hall–Kier alpha value is -3.84. The van der Waals surface area contributed by atoms with Gasteiger partial charge in [0.25, 0.3) is 5.91 Å². The van der Waals surface area contributed by atoms with Crippen molar-refractivity contribution in [2.75, 3.05) is 7.11 Å². The molecule has 0 aromatic heterocycles. The predicted octanol–water partition coefficient (Wildman–Crippen LogP) is 5.70. The van der Waals surface area contributed by atoms with Crippen molar-refractivity contribution >= 4 is 11.9 Å². The van der Waals surface area contributed by atoms with Crippen molar-refractivity contribution in [1.29, 1.82) is 0 Å². The monoisotopic (exact) mass is 529 g/mol. The zero-order valence-corrected chi connectivity index (χ0v) is 22.5. The summed E-state index contributed by atoms with van der Waals surface area (Å²) in [7, 11) is 1.57. The summed E-state index contributed by atoms with van der Waals surface area (Å²) in [5.74, 6) is -0.348. The number of nitrogens with zero attached hydrogens (tertiary/aromatic N) is 1. The van der Waals surface area contributed by atoms with Gasteiger partial charge in [0.2, 0.25) is 0 Å².